The van der Waals surface area contributed by atoms with Gasteiger partial charge in [-0.2, -0.15) is 0 Å². The average molecular weight is 240 g/mol. The van der Waals surface area contributed by atoms with Gasteiger partial charge in [-0.15, -0.1) is 0 Å². The Labute approximate surface area is 108 Å². The minimum Gasteiger partial charge on any atom is -0.329 e. The minimum atomic E-state index is 0.256. The van der Waals surface area contributed by atoms with E-state index in [-0.39, 0.29) is 5.54 Å². The summed E-state index contributed by atoms with van der Waals surface area (Å²) in [5.74, 6) is 0.799. The predicted octanol–water partition coefficient (Wildman–Crippen LogP) is 3.26. The molecule has 0 aromatic heterocycles. The normalized spacial score (nSPS) is 33.0. The van der Waals surface area contributed by atoms with Gasteiger partial charge in [0.25, 0.3) is 0 Å². The van der Waals surface area contributed by atoms with Crippen molar-refractivity contribution in [2.75, 3.05) is 19.6 Å². The fourth-order valence-electron chi connectivity index (χ4n) is 4.23. The molecule has 2 N–H and O–H groups in total. The molecule has 0 radical (unpaired) electrons. The van der Waals surface area contributed by atoms with Crippen LogP contribution in [0.3, 0.4) is 0 Å². The second kappa shape index (κ2) is 5.71. The predicted molar refractivity (Wildman–Crippen MR) is 76.1 cm³/mol. The SMILES string of the molecule is CCCN(CC)C1(CN)CC(C)CC(C)(C)C1. The molecule has 17 heavy (non-hydrogen) atoms. The summed E-state index contributed by atoms with van der Waals surface area (Å²) in [7, 11) is 0. The van der Waals surface area contributed by atoms with E-state index in [0.29, 0.717) is 5.41 Å². The molecule has 1 rings (SSSR count). The van der Waals surface area contributed by atoms with Crippen LogP contribution in [0, 0.1) is 11.3 Å². The summed E-state index contributed by atoms with van der Waals surface area (Å²) in [5.41, 5.74) is 6.89. The summed E-state index contributed by atoms with van der Waals surface area (Å²) in [6.07, 6.45) is 5.11. The van der Waals surface area contributed by atoms with Crippen LogP contribution < -0.4 is 5.73 Å². The highest BCUT2D eigenvalue weighted by Gasteiger charge is 2.44. The van der Waals surface area contributed by atoms with E-state index in [4.69, 9.17) is 5.73 Å². The average Bonchev–Trinajstić information content (AvgIpc) is 2.22. The maximum atomic E-state index is 6.19. The third-order valence-electron chi connectivity index (χ3n) is 4.36. The van der Waals surface area contributed by atoms with Crippen molar-refractivity contribution in [1.82, 2.24) is 4.90 Å². The number of hydrogen-bond acceptors (Lipinski definition) is 2. The van der Waals surface area contributed by atoms with E-state index in [1.54, 1.807) is 0 Å². The molecule has 0 amide bonds. The highest BCUT2D eigenvalue weighted by molar-refractivity contribution is 5.00. The lowest BCUT2D eigenvalue weighted by Gasteiger charge is -2.53. The van der Waals surface area contributed by atoms with Crippen LogP contribution >= 0.6 is 0 Å². The van der Waals surface area contributed by atoms with Crippen LogP contribution in [0.2, 0.25) is 0 Å². The van der Waals surface area contributed by atoms with Crippen LogP contribution in [-0.4, -0.2) is 30.1 Å². The summed E-state index contributed by atoms with van der Waals surface area (Å²) >= 11 is 0. The fourth-order valence-corrected chi connectivity index (χ4v) is 4.23. The molecule has 0 saturated heterocycles. The maximum Gasteiger partial charge on any atom is 0.0339 e. The molecule has 0 spiro atoms. The second-order valence-electron chi connectivity index (χ2n) is 6.86. The Kier molecular flexibility index (Phi) is 5.03. The van der Waals surface area contributed by atoms with Crippen LogP contribution in [0.4, 0.5) is 0 Å². The van der Waals surface area contributed by atoms with Crippen LogP contribution in [0.25, 0.3) is 0 Å². The van der Waals surface area contributed by atoms with Crippen LogP contribution in [0.15, 0.2) is 0 Å². The Balaban J connectivity index is 2.92. The zero-order valence-corrected chi connectivity index (χ0v) is 12.6. The summed E-state index contributed by atoms with van der Waals surface area (Å²) in [6.45, 7) is 14.9. The molecule has 2 heteroatoms. The third kappa shape index (κ3) is 3.45. The Morgan fingerprint density at radius 2 is 1.88 bits per heavy atom. The maximum absolute atomic E-state index is 6.19. The number of hydrogen-bond donors (Lipinski definition) is 1. The first-order valence-corrected chi connectivity index (χ1v) is 7.34. The molecule has 2 unspecified atom stereocenters. The monoisotopic (exact) mass is 240 g/mol. The van der Waals surface area contributed by atoms with Crippen LogP contribution in [0.1, 0.15) is 60.3 Å². The number of nitrogens with two attached hydrogens (primary N) is 1. The van der Waals surface area contributed by atoms with Crippen molar-refractivity contribution in [1.29, 1.82) is 0 Å². The number of nitrogens with zero attached hydrogens (tertiary/aromatic N) is 1. The van der Waals surface area contributed by atoms with Gasteiger partial charge in [0.05, 0.1) is 0 Å². The lowest BCUT2D eigenvalue weighted by Crippen LogP contribution is -2.59. The van der Waals surface area contributed by atoms with Crippen LogP contribution in [0.5, 0.6) is 0 Å². The highest BCUT2D eigenvalue weighted by atomic mass is 15.2. The van der Waals surface area contributed by atoms with Gasteiger partial charge in [-0.05, 0) is 50.1 Å². The molecule has 0 aromatic rings. The minimum absolute atomic E-state index is 0.256. The molecular weight excluding hydrogens is 208 g/mol. The van der Waals surface area contributed by atoms with Gasteiger partial charge in [0, 0.05) is 12.1 Å². The van der Waals surface area contributed by atoms with E-state index >= 15 is 0 Å². The zero-order chi connectivity index (χ0) is 13.1. The van der Waals surface area contributed by atoms with Gasteiger partial charge >= 0.3 is 0 Å². The Morgan fingerprint density at radius 3 is 2.29 bits per heavy atom. The smallest absolute Gasteiger partial charge is 0.0339 e. The molecule has 1 aliphatic rings. The lowest BCUT2D eigenvalue weighted by atomic mass is 9.63. The van der Waals surface area contributed by atoms with Gasteiger partial charge in [0.1, 0.15) is 0 Å². The first-order chi connectivity index (χ1) is 7.89. The lowest BCUT2D eigenvalue weighted by molar-refractivity contribution is -0.00891. The molecule has 1 saturated carbocycles. The van der Waals surface area contributed by atoms with Gasteiger partial charge in [-0.25, -0.2) is 0 Å². The molecule has 1 fully saturated rings. The Morgan fingerprint density at radius 1 is 1.24 bits per heavy atom. The van der Waals surface area contributed by atoms with Crippen molar-refractivity contribution < 1.29 is 0 Å². The van der Waals surface area contributed by atoms with E-state index in [2.05, 4.69) is 39.5 Å². The number of likely N-dealkylation sites (N-methyl/N-ethyl adjacent to an activating group) is 1. The molecule has 0 bridgehead atoms. The molecular formula is C15H32N2. The van der Waals surface area contributed by atoms with Crippen molar-refractivity contribution in [2.45, 2.75) is 65.8 Å². The van der Waals surface area contributed by atoms with Crippen LogP contribution in [-0.2, 0) is 0 Å². The topological polar surface area (TPSA) is 29.3 Å². The molecule has 0 aromatic carbocycles. The standard InChI is InChI=1S/C15H32N2/c1-6-8-17(7-2)15(12-16)10-13(3)9-14(4,5)11-15/h13H,6-12,16H2,1-5H3. The summed E-state index contributed by atoms with van der Waals surface area (Å²) in [5, 5.41) is 0. The van der Waals surface area contributed by atoms with E-state index < -0.39 is 0 Å². The number of rotatable bonds is 5. The van der Waals surface area contributed by atoms with Crippen molar-refractivity contribution >= 4 is 0 Å². The quantitative estimate of drug-likeness (QED) is 0.799. The van der Waals surface area contributed by atoms with Gasteiger partial charge < -0.3 is 5.73 Å². The second-order valence-corrected chi connectivity index (χ2v) is 6.86. The molecule has 1 aliphatic carbocycles. The molecule has 0 heterocycles. The van der Waals surface area contributed by atoms with E-state index in [1.807, 2.05) is 0 Å². The van der Waals surface area contributed by atoms with Gasteiger partial charge in [0.2, 0.25) is 0 Å². The molecule has 102 valence electrons. The molecule has 2 nitrogen and oxygen atoms in total. The van der Waals surface area contributed by atoms with Gasteiger partial charge in [-0.3, -0.25) is 4.90 Å². The van der Waals surface area contributed by atoms with E-state index in [9.17, 15) is 0 Å². The van der Waals surface area contributed by atoms with Gasteiger partial charge in [0.15, 0.2) is 0 Å². The third-order valence-corrected chi connectivity index (χ3v) is 4.36. The van der Waals surface area contributed by atoms with E-state index in [1.165, 1.54) is 32.2 Å². The summed E-state index contributed by atoms with van der Waals surface area (Å²) < 4.78 is 0. The van der Waals surface area contributed by atoms with E-state index in [0.717, 1.165) is 19.0 Å². The molecule has 2 atom stereocenters. The Bertz CT molecular complexity index is 237. The van der Waals surface area contributed by atoms with Crippen molar-refractivity contribution in [2.24, 2.45) is 17.1 Å². The first-order valence-electron chi connectivity index (χ1n) is 7.34. The zero-order valence-electron chi connectivity index (χ0n) is 12.6. The fraction of sp³-hybridized carbons (Fsp3) is 1.00. The summed E-state index contributed by atoms with van der Waals surface area (Å²) in [6, 6.07) is 0. The first kappa shape index (κ1) is 15.0. The summed E-state index contributed by atoms with van der Waals surface area (Å²) in [4.78, 5) is 2.64. The van der Waals surface area contributed by atoms with Crippen molar-refractivity contribution in [3.8, 4) is 0 Å². The Hall–Kier alpha value is -0.0800. The van der Waals surface area contributed by atoms with Gasteiger partial charge in [-0.1, -0.05) is 34.6 Å². The molecule has 0 aliphatic heterocycles. The van der Waals surface area contributed by atoms with Crippen molar-refractivity contribution in [3.63, 3.8) is 0 Å². The highest BCUT2D eigenvalue weighted by Crippen LogP contribution is 2.46. The van der Waals surface area contributed by atoms with Crippen molar-refractivity contribution in [3.05, 3.63) is 0 Å². The largest absolute Gasteiger partial charge is 0.329 e.